The Hall–Kier alpha value is -5.96. The molecular weight excluding hydrogens is 1180 g/mol. The number of carbonyl (C=O) groups excluding carboxylic acids is 1. The van der Waals surface area contributed by atoms with E-state index in [2.05, 4.69) is 44.1 Å². The van der Waals surface area contributed by atoms with E-state index in [1.54, 1.807) is 4.72 Å². The number of benzene rings is 3. The van der Waals surface area contributed by atoms with Crippen molar-refractivity contribution in [1.82, 2.24) is 34.8 Å². The average molecular weight is 1230 g/mol. The normalized spacial score (nSPS) is 11.8. The number of nitrogens with two attached hydrogens (primary N) is 1. The summed E-state index contributed by atoms with van der Waals surface area (Å²) in [7, 11) is -5.51. The summed E-state index contributed by atoms with van der Waals surface area (Å²) in [4.78, 5) is 71.3. The molecule has 76 heavy (non-hydrogen) atoms. The van der Waals surface area contributed by atoms with Crippen molar-refractivity contribution in [3.8, 4) is 17.4 Å². The van der Waals surface area contributed by atoms with E-state index in [0.29, 0.717) is 23.0 Å². The van der Waals surface area contributed by atoms with Crippen LogP contribution in [0.1, 0.15) is 33.7 Å². The Morgan fingerprint density at radius 3 is 1.92 bits per heavy atom. The number of rotatable bonds is 14. The average Bonchev–Trinajstić information content (AvgIpc) is 3.65. The maximum Gasteiger partial charge on any atom is 0.416 e. The zero-order chi connectivity index (χ0) is 58.7. The third-order valence-electron chi connectivity index (χ3n) is 7.91. The fourth-order valence-corrected chi connectivity index (χ4v) is 7.68. The van der Waals surface area contributed by atoms with Crippen molar-refractivity contribution < 1.29 is 88.1 Å². The maximum absolute atomic E-state index is 12.6. The third-order valence-corrected chi connectivity index (χ3v) is 11.1. The number of alkyl halides is 6. The largest absolute Gasteiger partial charge is 0.778 e. The molecule has 0 bridgehead atoms. The number of aromatic carboxylic acids is 1. The number of hydrogen-bond acceptors (Lipinski definition) is 17. The maximum atomic E-state index is 12.6. The van der Waals surface area contributed by atoms with Gasteiger partial charge in [-0.2, -0.15) is 46.4 Å². The summed E-state index contributed by atoms with van der Waals surface area (Å²) in [6.07, 6.45) is -4.11. The molecule has 0 fully saturated rings. The number of sulfonamides is 1. The predicted molar refractivity (Wildman–Crippen MR) is 266 cm³/mol. The smallest absolute Gasteiger partial charge is 0.416 e. The first-order valence-electron chi connectivity index (χ1n) is 19.8. The van der Waals surface area contributed by atoms with Crippen LogP contribution in [-0.2, 0) is 42.9 Å². The van der Waals surface area contributed by atoms with Gasteiger partial charge < -0.3 is 39.8 Å². The lowest BCUT2D eigenvalue weighted by Crippen LogP contribution is -2.35. The van der Waals surface area contributed by atoms with E-state index in [9.17, 15) is 68.7 Å². The van der Waals surface area contributed by atoms with E-state index in [0.717, 1.165) is 16.9 Å². The van der Waals surface area contributed by atoms with Gasteiger partial charge in [-0.05, 0) is 60.1 Å². The molecule has 0 saturated heterocycles. The second kappa shape index (κ2) is 30.1. The molecule has 0 aliphatic carbocycles. The van der Waals surface area contributed by atoms with Crippen LogP contribution in [0.25, 0.3) is 5.69 Å². The number of nitro groups is 1. The monoisotopic (exact) mass is 1220 g/mol. The van der Waals surface area contributed by atoms with Crippen LogP contribution in [0, 0.1) is 17.0 Å². The number of aryl methyl sites for hydroxylation is 2. The number of carbonyl (C=O) groups is 3. The Morgan fingerprint density at radius 2 is 1.47 bits per heavy atom. The standard InChI is InChI=1S/C15H16F3N5O4S.C10H5Cl2F3N4O2.C8H6Cl2O3.C3H8NO5P.C3H9S/c1-9-19-12(22-14(20-9)27-2)21-13(24)23-28(25,26)11-6-4-3-5-10(11)7-8-15(16,17)18;11-5-1-4(10(13,14)15)2-6(12)8(5)18-9(16)7(3-17-18)19(20)21;1-13-7-5(10)3-2-4(9)6(7)8(11)12;5-3(6)1-4-2-10(7,8)9;1-4(2)3/h3-6H,7-8H2,1-2H3,(H2,19,20,21,22,23,24);1-3H,16H2;2-3H,1H3,(H,11,12);4H,1-2H2,(H,5,6)(H2,7,8,9);1-3H3/q;;;;+1/p-1. The van der Waals surface area contributed by atoms with Crippen LogP contribution in [0.2, 0.25) is 20.1 Å². The molecule has 1 unspecified atom stereocenters. The highest BCUT2D eigenvalue weighted by molar-refractivity contribution is 7.94. The van der Waals surface area contributed by atoms with Gasteiger partial charge in [-0.25, -0.2) is 27.4 Å². The lowest BCUT2D eigenvalue weighted by Gasteiger charge is -2.14. The van der Waals surface area contributed by atoms with Gasteiger partial charge in [-0.1, -0.05) is 64.6 Å². The first-order valence-corrected chi connectivity index (χ1v) is 27.1. The minimum absolute atomic E-state index is 0.0715. The number of hydrogen-bond donors (Lipinski definition) is 7. The quantitative estimate of drug-likeness (QED) is 0.0189. The fraction of sp³-hybridized carbons (Fsp3) is 0.308. The van der Waals surface area contributed by atoms with Crippen molar-refractivity contribution in [2.75, 3.05) is 56.9 Å². The molecule has 0 aliphatic rings. The summed E-state index contributed by atoms with van der Waals surface area (Å²) in [6, 6.07) is 7.97. The molecule has 0 saturated carbocycles. The highest BCUT2D eigenvalue weighted by Crippen LogP contribution is 2.39. The second-order valence-corrected chi connectivity index (χ2v) is 21.7. The molecule has 2 amide bonds. The van der Waals surface area contributed by atoms with Gasteiger partial charge >= 0.3 is 42.0 Å². The van der Waals surface area contributed by atoms with Gasteiger partial charge in [0.1, 0.15) is 30.9 Å². The Kier molecular flexibility index (Phi) is 27.0. The van der Waals surface area contributed by atoms with E-state index >= 15 is 0 Å². The number of carboxylic acids is 2. The van der Waals surface area contributed by atoms with Crippen LogP contribution in [-0.4, -0.2) is 123 Å². The number of nitrogens with zero attached hydrogens (tertiary/aromatic N) is 6. The molecule has 0 spiro atoms. The number of amides is 2. The summed E-state index contributed by atoms with van der Waals surface area (Å²) >= 11 is 22.9. The number of aliphatic carboxylic acids is 1. The molecule has 24 nitrogen and oxygen atoms in total. The van der Waals surface area contributed by atoms with Crippen LogP contribution in [0.5, 0.6) is 11.8 Å². The van der Waals surface area contributed by atoms with Crippen molar-refractivity contribution in [1.29, 1.82) is 0 Å². The lowest BCUT2D eigenvalue weighted by atomic mass is 10.1. The summed E-state index contributed by atoms with van der Waals surface area (Å²) in [5.74, 6) is -2.70. The van der Waals surface area contributed by atoms with Gasteiger partial charge in [0.25, 0.3) is 10.0 Å². The topological polar surface area (TPSA) is 366 Å². The van der Waals surface area contributed by atoms with Gasteiger partial charge in [0.2, 0.25) is 11.8 Å². The van der Waals surface area contributed by atoms with Gasteiger partial charge in [0.15, 0.2) is 5.75 Å². The molecule has 0 radical (unpaired) electrons. The highest BCUT2D eigenvalue weighted by atomic mass is 35.5. The number of nitrogens with one attached hydrogen (secondary N) is 3. The Labute approximate surface area is 449 Å². The molecule has 5 aromatic rings. The number of nitrogen functional groups attached to an aromatic ring is 1. The van der Waals surface area contributed by atoms with Crippen LogP contribution >= 0.6 is 54.0 Å². The van der Waals surface area contributed by atoms with Gasteiger partial charge in [0.05, 0.1) is 81.3 Å². The second-order valence-electron chi connectivity index (χ2n) is 14.4. The fourth-order valence-electron chi connectivity index (χ4n) is 4.99. The third kappa shape index (κ3) is 23.9. The number of aromatic nitrogens is 5. The zero-order valence-electron chi connectivity index (χ0n) is 39.7. The summed E-state index contributed by atoms with van der Waals surface area (Å²) < 4.78 is 122. The molecule has 420 valence electrons. The Bertz CT molecular complexity index is 2970. The summed E-state index contributed by atoms with van der Waals surface area (Å²) in [5, 5.41) is 34.7. The molecule has 0 aliphatic heterocycles. The number of ether oxygens (including phenoxy) is 2. The van der Waals surface area contributed by atoms with Crippen LogP contribution in [0.4, 0.5) is 48.6 Å². The molecule has 8 N–H and O–H groups in total. The molecule has 3 aromatic carbocycles. The summed E-state index contributed by atoms with van der Waals surface area (Å²) in [6.45, 7) is 1.02. The highest BCUT2D eigenvalue weighted by Gasteiger charge is 2.33. The lowest BCUT2D eigenvalue weighted by molar-refractivity contribution is -0.383. The van der Waals surface area contributed by atoms with Crippen LogP contribution in [0.15, 0.2) is 59.6 Å². The van der Waals surface area contributed by atoms with Crippen LogP contribution in [0.3, 0.4) is 0 Å². The molecule has 37 heteroatoms. The van der Waals surface area contributed by atoms with Crippen molar-refractivity contribution in [2.24, 2.45) is 0 Å². The SMILES string of the molecule is COc1c(Cl)ccc(Cl)c1C(=O)O.COc1nc(C)nc(NC(=O)NS(=O)(=O)c2ccccc2CCC(F)(F)F)n1.C[S+](C)C.Nc1c([N+](=O)[O-])cnn1-c1c(Cl)cc(C(F)(F)F)cc1Cl.O=C(O)CNCP(=O)([O-])O. The van der Waals surface area contributed by atoms with E-state index in [1.165, 1.54) is 51.5 Å². The van der Waals surface area contributed by atoms with E-state index in [4.69, 9.17) is 76.7 Å². The minimum atomic E-state index is -4.63. The van der Waals surface area contributed by atoms with Crippen molar-refractivity contribution in [3.05, 3.63) is 107 Å². The Morgan fingerprint density at radius 1 is 0.921 bits per heavy atom. The van der Waals surface area contributed by atoms with Gasteiger partial charge in [-0.15, -0.1) is 0 Å². The predicted octanol–water partition coefficient (Wildman–Crippen LogP) is 7.24. The van der Waals surface area contributed by atoms with Crippen molar-refractivity contribution >= 4 is 110 Å². The van der Waals surface area contributed by atoms with Gasteiger partial charge in [-0.3, -0.25) is 25.5 Å². The van der Waals surface area contributed by atoms with Crippen molar-refractivity contribution in [3.63, 3.8) is 0 Å². The number of halogens is 10. The molecule has 2 aromatic heterocycles. The molecule has 2 heterocycles. The van der Waals surface area contributed by atoms with E-state index in [1.807, 2.05) is 5.32 Å². The number of methoxy groups -OCH3 is 2. The number of carboxylic acid groups (broad SMARTS) is 2. The van der Waals surface area contributed by atoms with Gasteiger partial charge in [0, 0.05) is 6.42 Å². The number of urea groups is 1. The van der Waals surface area contributed by atoms with Crippen molar-refractivity contribution in [2.45, 2.75) is 37.0 Å². The zero-order valence-corrected chi connectivity index (χ0v) is 45.2. The molecular formula is C39H43Cl4F6N10O14PS2. The Balaban J connectivity index is 0.000000528. The molecule has 5 rings (SSSR count). The number of anilines is 2. The van der Waals surface area contributed by atoms with Crippen LogP contribution < -0.4 is 35.5 Å². The van der Waals surface area contributed by atoms with E-state index in [-0.39, 0.29) is 60.4 Å². The van der Waals surface area contributed by atoms with E-state index < -0.39 is 101 Å². The first-order chi connectivity index (χ1) is 34.8. The summed E-state index contributed by atoms with van der Waals surface area (Å²) in [5.41, 5.74) is 3.60. The minimum Gasteiger partial charge on any atom is -0.778 e. The molecule has 1 atom stereocenters. The first kappa shape index (κ1) is 68.1.